The molecule has 1 amide bonds. The number of hydrogen-bond acceptors (Lipinski definition) is 8. The molecule has 0 bridgehead atoms. The van der Waals surface area contributed by atoms with Gasteiger partial charge < -0.3 is 9.64 Å². The lowest BCUT2D eigenvalue weighted by molar-refractivity contribution is -0.380. The molecule has 0 N–H and O–H groups in total. The Hall–Kier alpha value is -2.85. The van der Waals surface area contributed by atoms with Gasteiger partial charge in [0, 0.05) is 13.1 Å². The molecule has 10 heteroatoms. The van der Waals surface area contributed by atoms with Gasteiger partial charge in [-0.05, 0) is 25.1 Å². The van der Waals surface area contributed by atoms with Crippen LogP contribution in [0.1, 0.15) is 27.6 Å². The number of rotatable bonds is 6. The number of ether oxygens (including phenoxy) is 1. The number of benzene rings is 1. The van der Waals surface area contributed by atoms with Gasteiger partial charge in [0.2, 0.25) is 0 Å². The van der Waals surface area contributed by atoms with Crippen LogP contribution in [0.4, 0.5) is 5.00 Å². The number of likely N-dealkylation sites (N-methyl/N-ethyl adjacent to an activating group) is 1. The van der Waals surface area contributed by atoms with Gasteiger partial charge >= 0.3 is 11.0 Å². The van der Waals surface area contributed by atoms with Crippen molar-refractivity contribution in [1.29, 1.82) is 0 Å². The molecule has 1 atom stereocenters. The third kappa shape index (κ3) is 4.12. The van der Waals surface area contributed by atoms with Gasteiger partial charge in [0.15, 0.2) is 6.61 Å². The number of amides is 1. The summed E-state index contributed by atoms with van der Waals surface area (Å²) in [4.78, 5) is 40.4. The Morgan fingerprint density at radius 3 is 2.67 bits per heavy atom. The van der Waals surface area contributed by atoms with Gasteiger partial charge in [0.05, 0.1) is 21.2 Å². The second-order valence-electron chi connectivity index (χ2n) is 5.67. The molecule has 140 valence electrons. The average Bonchev–Trinajstić information content (AvgIpc) is 3.31. The summed E-state index contributed by atoms with van der Waals surface area (Å²) in [6.07, 6.45) is 0. The van der Waals surface area contributed by atoms with E-state index in [0.29, 0.717) is 11.3 Å². The van der Waals surface area contributed by atoms with Crippen LogP contribution in [-0.2, 0) is 9.53 Å². The maximum absolute atomic E-state index is 12.3. The molecule has 0 radical (unpaired) electrons. The van der Waals surface area contributed by atoms with E-state index in [1.165, 1.54) is 28.4 Å². The number of thiazole rings is 1. The van der Waals surface area contributed by atoms with E-state index in [1.54, 1.807) is 7.05 Å². The molecule has 2 aromatic heterocycles. The maximum Gasteiger partial charge on any atom is 0.349 e. The standard InChI is InChI=1S/C17H15N3O5S2/c1-10(16-18-11-5-3-4-6-12(11)27-16)19(2)14(21)9-25-17(22)13-7-8-15(26-13)20(23)24/h3-8,10H,9H2,1-2H3/t10-/m0/s1. The first-order chi connectivity index (χ1) is 12.9. The summed E-state index contributed by atoms with van der Waals surface area (Å²) in [6.45, 7) is 1.40. The van der Waals surface area contributed by atoms with E-state index in [-0.39, 0.29) is 21.8 Å². The summed E-state index contributed by atoms with van der Waals surface area (Å²) in [5.41, 5.74) is 0.871. The summed E-state index contributed by atoms with van der Waals surface area (Å²) in [5.74, 6) is -1.15. The van der Waals surface area contributed by atoms with Crippen molar-refractivity contribution in [3.05, 3.63) is 56.4 Å². The Kier molecular flexibility index (Phi) is 5.47. The van der Waals surface area contributed by atoms with Crippen LogP contribution in [0.25, 0.3) is 10.2 Å². The van der Waals surface area contributed by atoms with E-state index in [9.17, 15) is 19.7 Å². The molecule has 3 rings (SSSR count). The number of nitro groups is 1. The van der Waals surface area contributed by atoms with Crippen molar-refractivity contribution in [2.45, 2.75) is 13.0 Å². The normalized spacial score (nSPS) is 11.9. The van der Waals surface area contributed by atoms with E-state index in [1.807, 2.05) is 31.2 Å². The summed E-state index contributed by atoms with van der Waals surface area (Å²) >= 11 is 2.21. The lowest BCUT2D eigenvalue weighted by atomic mass is 10.3. The second kappa shape index (κ2) is 7.80. The Balaban J connectivity index is 1.60. The van der Waals surface area contributed by atoms with E-state index >= 15 is 0 Å². The second-order valence-corrected chi connectivity index (χ2v) is 7.80. The van der Waals surface area contributed by atoms with E-state index in [0.717, 1.165) is 15.2 Å². The van der Waals surface area contributed by atoms with Crippen LogP contribution >= 0.6 is 22.7 Å². The number of hydrogen-bond donors (Lipinski definition) is 0. The highest BCUT2D eigenvalue weighted by Gasteiger charge is 2.23. The third-order valence-corrected chi connectivity index (χ3v) is 6.17. The number of aromatic nitrogens is 1. The molecular formula is C17H15N3O5S2. The fourth-order valence-corrected chi connectivity index (χ4v) is 4.06. The number of carbonyl (C=O) groups is 2. The van der Waals surface area contributed by atoms with Gasteiger partial charge in [-0.3, -0.25) is 14.9 Å². The number of esters is 1. The smallest absolute Gasteiger partial charge is 0.349 e. The lowest BCUT2D eigenvalue weighted by Gasteiger charge is -2.22. The Labute approximate surface area is 162 Å². The molecule has 0 aliphatic rings. The van der Waals surface area contributed by atoms with Crippen molar-refractivity contribution in [3.8, 4) is 0 Å². The zero-order valence-corrected chi connectivity index (χ0v) is 16.1. The first-order valence-electron chi connectivity index (χ1n) is 7.89. The van der Waals surface area contributed by atoms with Crippen molar-refractivity contribution in [2.24, 2.45) is 0 Å². The minimum absolute atomic E-state index is 0.0800. The highest BCUT2D eigenvalue weighted by molar-refractivity contribution is 7.18. The van der Waals surface area contributed by atoms with Crippen LogP contribution in [0.2, 0.25) is 0 Å². The minimum atomic E-state index is -0.762. The molecule has 27 heavy (non-hydrogen) atoms. The predicted molar refractivity (Wildman–Crippen MR) is 102 cm³/mol. The molecule has 0 unspecified atom stereocenters. The SMILES string of the molecule is C[C@@H](c1nc2ccccc2s1)N(C)C(=O)COC(=O)c1ccc([N+](=O)[O-])s1. The summed E-state index contributed by atoms with van der Waals surface area (Å²) in [6, 6.07) is 9.96. The first-order valence-corrected chi connectivity index (χ1v) is 9.52. The largest absolute Gasteiger partial charge is 0.451 e. The van der Waals surface area contributed by atoms with E-state index in [2.05, 4.69) is 4.98 Å². The Morgan fingerprint density at radius 2 is 2.00 bits per heavy atom. The van der Waals surface area contributed by atoms with Crippen molar-refractivity contribution in [1.82, 2.24) is 9.88 Å². The van der Waals surface area contributed by atoms with Gasteiger partial charge in [-0.2, -0.15) is 0 Å². The highest BCUT2D eigenvalue weighted by Crippen LogP contribution is 2.29. The van der Waals surface area contributed by atoms with Crippen LogP contribution < -0.4 is 0 Å². The highest BCUT2D eigenvalue weighted by atomic mass is 32.1. The molecule has 0 saturated heterocycles. The van der Waals surface area contributed by atoms with E-state index < -0.39 is 17.5 Å². The molecule has 8 nitrogen and oxygen atoms in total. The van der Waals surface area contributed by atoms with Crippen molar-refractivity contribution in [3.63, 3.8) is 0 Å². The molecule has 0 fully saturated rings. The number of nitrogens with zero attached hydrogens (tertiary/aromatic N) is 3. The zero-order chi connectivity index (χ0) is 19.6. The van der Waals surface area contributed by atoms with Gasteiger partial charge in [-0.15, -0.1) is 11.3 Å². The van der Waals surface area contributed by atoms with Gasteiger partial charge in [-0.1, -0.05) is 23.5 Å². The number of para-hydroxylation sites is 1. The minimum Gasteiger partial charge on any atom is -0.451 e. The lowest BCUT2D eigenvalue weighted by Crippen LogP contribution is -2.33. The van der Waals surface area contributed by atoms with Crippen molar-refractivity contribution >= 4 is 49.8 Å². The third-order valence-electron chi connectivity index (χ3n) is 3.94. The van der Waals surface area contributed by atoms with Gasteiger partial charge in [-0.25, -0.2) is 9.78 Å². The fourth-order valence-electron chi connectivity index (χ4n) is 2.29. The van der Waals surface area contributed by atoms with Crippen LogP contribution in [0.5, 0.6) is 0 Å². The first kappa shape index (κ1) is 18.9. The Morgan fingerprint density at radius 1 is 1.26 bits per heavy atom. The Bertz CT molecular complexity index is 980. The van der Waals surface area contributed by atoms with Crippen LogP contribution in [0.15, 0.2) is 36.4 Å². The molecule has 0 aliphatic heterocycles. The fraction of sp³-hybridized carbons (Fsp3) is 0.235. The van der Waals surface area contributed by atoms with Gasteiger partial charge in [0.25, 0.3) is 5.91 Å². The number of fused-ring (bicyclic) bond motifs is 1. The molecule has 0 aliphatic carbocycles. The number of thiophene rings is 1. The van der Waals surface area contributed by atoms with Crippen molar-refractivity contribution < 1.29 is 19.2 Å². The molecule has 2 heterocycles. The van der Waals surface area contributed by atoms with Crippen LogP contribution in [-0.4, -0.2) is 40.3 Å². The molecule has 1 aromatic carbocycles. The molecule has 0 saturated carbocycles. The van der Waals surface area contributed by atoms with Crippen molar-refractivity contribution in [2.75, 3.05) is 13.7 Å². The molecule has 3 aromatic rings. The van der Waals surface area contributed by atoms with Crippen LogP contribution in [0, 0.1) is 10.1 Å². The summed E-state index contributed by atoms with van der Waals surface area (Å²) < 4.78 is 6.02. The van der Waals surface area contributed by atoms with Crippen LogP contribution in [0.3, 0.4) is 0 Å². The average molecular weight is 405 g/mol. The summed E-state index contributed by atoms with van der Waals surface area (Å²) in [7, 11) is 1.61. The number of carbonyl (C=O) groups excluding carboxylic acids is 2. The van der Waals surface area contributed by atoms with E-state index in [4.69, 9.17) is 4.74 Å². The van der Waals surface area contributed by atoms with Gasteiger partial charge in [0.1, 0.15) is 9.88 Å². The zero-order valence-electron chi connectivity index (χ0n) is 14.4. The quantitative estimate of drug-likeness (QED) is 0.352. The molecule has 0 spiro atoms. The topological polar surface area (TPSA) is 103 Å². The summed E-state index contributed by atoms with van der Waals surface area (Å²) in [5, 5.41) is 11.3. The molecular weight excluding hydrogens is 390 g/mol. The predicted octanol–water partition coefficient (Wildman–Crippen LogP) is 3.64. The maximum atomic E-state index is 12.3. The monoisotopic (exact) mass is 405 g/mol.